The van der Waals surface area contributed by atoms with Crippen molar-refractivity contribution < 1.29 is 29.0 Å². The highest BCUT2D eigenvalue weighted by Gasteiger charge is 2.17. The van der Waals surface area contributed by atoms with E-state index in [0.717, 1.165) is 18.3 Å². The van der Waals surface area contributed by atoms with Gasteiger partial charge in [0.1, 0.15) is 5.56 Å². The van der Waals surface area contributed by atoms with E-state index in [1.165, 1.54) is 24.4 Å². The van der Waals surface area contributed by atoms with Crippen LogP contribution >= 0.6 is 11.3 Å². The van der Waals surface area contributed by atoms with E-state index >= 15 is 0 Å². The molecular weight excluding hydrogens is 312 g/mol. The summed E-state index contributed by atoms with van der Waals surface area (Å²) in [6.45, 7) is 2.33. The van der Waals surface area contributed by atoms with Gasteiger partial charge in [0.15, 0.2) is 11.5 Å². The van der Waals surface area contributed by atoms with Crippen molar-refractivity contribution in [2.24, 2.45) is 0 Å². The second-order valence-electron chi connectivity index (χ2n) is 4.27. The third-order valence-electron chi connectivity index (χ3n) is 2.58. The van der Waals surface area contributed by atoms with Crippen molar-refractivity contribution in [2.75, 3.05) is 0 Å². The number of hydrogen-bond acceptors (Lipinski definition) is 7. The Morgan fingerprint density at radius 3 is 2.09 bits per heavy atom. The molecule has 0 spiro atoms. The molecule has 0 aliphatic rings. The van der Waals surface area contributed by atoms with Crippen LogP contribution in [-0.2, 0) is 9.59 Å². The number of aromatic carboxylic acids is 1. The van der Waals surface area contributed by atoms with Crippen LogP contribution in [0.15, 0.2) is 22.3 Å². The summed E-state index contributed by atoms with van der Waals surface area (Å²) in [7, 11) is 0. The number of ether oxygens (including phenoxy) is 2. The summed E-state index contributed by atoms with van der Waals surface area (Å²) in [5, 5.41) is 10.2. The molecule has 7 nitrogen and oxygen atoms in total. The van der Waals surface area contributed by atoms with Gasteiger partial charge in [-0.25, -0.2) is 4.79 Å². The van der Waals surface area contributed by atoms with E-state index < -0.39 is 23.3 Å². The normalized spacial score (nSPS) is 10.3. The van der Waals surface area contributed by atoms with E-state index in [9.17, 15) is 19.2 Å². The predicted molar refractivity (Wildman–Crippen MR) is 77.7 cm³/mol. The zero-order chi connectivity index (χ0) is 16.4. The number of hydrogen-bond donors (Lipinski definition) is 1. The first kappa shape index (κ1) is 15.6. The summed E-state index contributed by atoms with van der Waals surface area (Å²) in [6.07, 6.45) is 0. The van der Waals surface area contributed by atoms with Crippen LogP contribution in [-0.4, -0.2) is 23.0 Å². The Morgan fingerprint density at radius 1 is 1.05 bits per heavy atom. The average Bonchev–Trinajstić information content (AvgIpc) is 2.39. The molecule has 0 radical (unpaired) electrons. The molecule has 0 unspecified atom stereocenters. The summed E-state index contributed by atoms with van der Waals surface area (Å²) in [6, 6.07) is 2.55. The number of esters is 2. The van der Waals surface area contributed by atoms with Crippen molar-refractivity contribution in [3.05, 3.63) is 33.3 Å². The fraction of sp³-hybridized carbons (Fsp3) is 0.143. The maximum atomic E-state index is 12.1. The van der Waals surface area contributed by atoms with Gasteiger partial charge in [-0.3, -0.25) is 14.4 Å². The predicted octanol–water partition coefficient (Wildman–Crippen LogP) is 1.81. The average molecular weight is 322 g/mol. The Morgan fingerprint density at radius 2 is 1.59 bits per heavy atom. The van der Waals surface area contributed by atoms with E-state index in [1.54, 1.807) is 0 Å². The lowest BCUT2D eigenvalue weighted by molar-refractivity contribution is -0.134. The van der Waals surface area contributed by atoms with Gasteiger partial charge in [0.2, 0.25) is 5.43 Å². The number of carboxylic acid groups (broad SMARTS) is 1. The van der Waals surface area contributed by atoms with Crippen LogP contribution in [0.5, 0.6) is 11.5 Å². The van der Waals surface area contributed by atoms with Gasteiger partial charge in [0, 0.05) is 35.4 Å². The standard InChI is InChI=1S/C14H10O7S/c1-6(15)20-10-3-8-12(4-11(10)21-7(2)16)22-5-9(13(8)17)14(18)19/h3-5H,1-2H3,(H,18,19). The smallest absolute Gasteiger partial charge is 0.340 e. The molecule has 8 heteroatoms. The Labute approximate surface area is 127 Å². The topological polar surface area (TPSA) is 107 Å². The lowest BCUT2D eigenvalue weighted by Gasteiger charge is -2.09. The number of carbonyl (C=O) groups is 3. The lowest BCUT2D eigenvalue weighted by Crippen LogP contribution is -2.14. The van der Waals surface area contributed by atoms with Gasteiger partial charge in [-0.05, 0) is 6.07 Å². The molecule has 0 aliphatic carbocycles. The highest BCUT2D eigenvalue weighted by atomic mass is 32.1. The molecule has 22 heavy (non-hydrogen) atoms. The van der Waals surface area contributed by atoms with Crippen molar-refractivity contribution in [1.29, 1.82) is 0 Å². The van der Waals surface area contributed by atoms with Gasteiger partial charge in [0.25, 0.3) is 0 Å². The summed E-state index contributed by atoms with van der Waals surface area (Å²) in [5.41, 5.74) is -1.09. The zero-order valence-electron chi connectivity index (χ0n) is 11.5. The van der Waals surface area contributed by atoms with Gasteiger partial charge in [-0.2, -0.15) is 0 Å². The maximum Gasteiger partial charge on any atom is 0.340 e. The number of fused-ring (bicyclic) bond motifs is 1. The van der Waals surface area contributed by atoms with E-state index in [4.69, 9.17) is 14.6 Å². The molecule has 114 valence electrons. The van der Waals surface area contributed by atoms with Crippen LogP contribution in [0.3, 0.4) is 0 Å². The van der Waals surface area contributed by atoms with E-state index in [0.29, 0.717) is 4.70 Å². The van der Waals surface area contributed by atoms with Crippen molar-refractivity contribution >= 4 is 39.3 Å². The van der Waals surface area contributed by atoms with Crippen LogP contribution in [0.4, 0.5) is 0 Å². The van der Waals surface area contributed by atoms with Gasteiger partial charge >= 0.3 is 17.9 Å². The Bertz CT molecular complexity index is 850. The highest BCUT2D eigenvalue weighted by Crippen LogP contribution is 2.33. The summed E-state index contributed by atoms with van der Waals surface area (Å²) >= 11 is 1.00. The third kappa shape index (κ3) is 3.12. The van der Waals surface area contributed by atoms with Crippen LogP contribution < -0.4 is 14.9 Å². The van der Waals surface area contributed by atoms with Crippen molar-refractivity contribution in [3.8, 4) is 11.5 Å². The van der Waals surface area contributed by atoms with E-state index in [-0.39, 0.29) is 22.4 Å². The Kier molecular flexibility index (Phi) is 4.22. The monoisotopic (exact) mass is 322 g/mol. The zero-order valence-corrected chi connectivity index (χ0v) is 12.4. The molecule has 0 saturated carbocycles. The molecule has 1 N–H and O–H groups in total. The number of rotatable bonds is 3. The number of carbonyl (C=O) groups excluding carboxylic acids is 2. The molecule has 0 aliphatic heterocycles. The minimum atomic E-state index is -1.35. The van der Waals surface area contributed by atoms with Crippen LogP contribution in [0, 0.1) is 0 Å². The van der Waals surface area contributed by atoms with Crippen molar-refractivity contribution in [3.63, 3.8) is 0 Å². The second-order valence-corrected chi connectivity index (χ2v) is 5.18. The molecule has 2 rings (SSSR count). The summed E-state index contributed by atoms with van der Waals surface area (Å²) in [4.78, 5) is 45.3. The third-order valence-corrected chi connectivity index (χ3v) is 3.52. The van der Waals surface area contributed by atoms with Crippen molar-refractivity contribution in [2.45, 2.75) is 13.8 Å². The van der Waals surface area contributed by atoms with Crippen LogP contribution in [0.1, 0.15) is 24.2 Å². The Balaban J connectivity index is 2.74. The van der Waals surface area contributed by atoms with Gasteiger partial charge in [0.05, 0.1) is 0 Å². The minimum absolute atomic E-state index is 0.0195. The minimum Gasteiger partial charge on any atom is -0.478 e. The second kappa shape index (κ2) is 5.94. The number of benzene rings is 1. The largest absolute Gasteiger partial charge is 0.478 e. The van der Waals surface area contributed by atoms with Gasteiger partial charge in [-0.1, -0.05) is 0 Å². The first-order chi connectivity index (χ1) is 10.3. The van der Waals surface area contributed by atoms with Crippen molar-refractivity contribution in [1.82, 2.24) is 0 Å². The molecule has 1 aromatic heterocycles. The van der Waals surface area contributed by atoms with Gasteiger partial charge in [-0.15, -0.1) is 11.3 Å². The quantitative estimate of drug-likeness (QED) is 0.678. The van der Waals surface area contributed by atoms with Crippen LogP contribution in [0.2, 0.25) is 0 Å². The van der Waals surface area contributed by atoms with E-state index in [2.05, 4.69) is 0 Å². The van der Waals surface area contributed by atoms with Gasteiger partial charge < -0.3 is 14.6 Å². The molecule has 0 atom stereocenters. The first-order valence-electron chi connectivity index (χ1n) is 5.99. The van der Waals surface area contributed by atoms with Crippen LogP contribution in [0.25, 0.3) is 10.1 Å². The fourth-order valence-electron chi connectivity index (χ4n) is 1.75. The highest BCUT2D eigenvalue weighted by molar-refractivity contribution is 7.16. The molecular formula is C14H10O7S. The molecule has 0 bridgehead atoms. The lowest BCUT2D eigenvalue weighted by atomic mass is 10.2. The first-order valence-corrected chi connectivity index (χ1v) is 6.87. The van der Waals surface area contributed by atoms with E-state index in [1.807, 2.05) is 0 Å². The molecule has 1 aromatic carbocycles. The fourth-order valence-corrected chi connectivity index (χ4v) is 2.66. The SMILES string of the molecule is CC(=O)Oc1cc2scc(C(=O)O)c(=O)c2cc1OC(C)=O. The summed E-state index contributed by atoms with van der Waals surface area (Å²) < 4.78 is 10.3. The molecule has 0 amide bonds. The Hall–Kier alpha value is -2.74. The molecule has 2 aromatic rings. The molecule has 0 saturated heterocycles. The molecule has 0 fully saturated rings. The number of carboxylic acids is 1. The molecule has 1 heterocycles. The maximum absolute atomic E-state index is 12.1. The summed E-state index contributed by atoms with van der Waals surface area (Å²) in [5.74, 6) is -2.78.